The zero-order valence-electron chi connectivity index (χ0n) is 36.6. The van der Waals surface area contributed by atoms with E-state index in [9.17, 15) is 0 Å². The van der Waals surface area contributed by atoms with E-state index in [1.807, 2.05) is 6.07 Å². The molecule has 0 bridgehead atoms. The molecule has 67 heavy (non-hydrogen) atoms. The van der Waals surface area contributed by atoms with Crippen LogP contribution in [0.25, 0.3) is 105 Å². The van der Waals surface area contributed by atoms with E-state index >= 15 is 0 Å². The van der Waals surface area contributed by atoms with Crippen molar-refractivity contribution in [3.63, 3.8) is 0 Å². The van der Waals surface area contributed by atoms with Gasteiger partial charge in [0.25, 0.3) is 0 Å². The van der Waals surface area contributed by atoms with Gasteiger partial charge in [-0.05, 0) is 129 Å². The fraction of sp³-hybridized carbons (Fsp3) is 0. The van der Waals surface area contributed by atoms with Crippen molar-refractivity contribution in [2.24, 2.45) is 0 Å². The highest BCUT2D eigenvalue weighted by Crippen LogP contribution is 2.46. The molecule has 0 aliphatic carbocycles. The van der Waals surface area contributed by atoms with Crippen LogP contribution in [0.3, 0.4) is 0 Å². The van der Waals surface area contributed by atoms with Crippen molar-refractivity contribution in [1.29, 1.82) is 0 Å². The molecule has 3 heteroatoms. The van der Waals surface area contributed by atoms with E-state index in [0.717, 1.165) is 66.9 Å². The molecule has 0 radical (unpaired) electrons. The molecule has 11 aromatic carbocycles. The van der Waals surface area contributed by atoms with Gasteiger partial charge >= 0.3 is 0 Å². The summed E-state index contributed by atoms with van der Waals surface area (Å²) in [5.41, 5.74) is 17.8. The lowest BCUT2D eigenvalue weighted by atomic mass is 9.96. The quantitative estimate of drug-likeness (QED) is 0.152. The van der Waals surface area contributed by atoms with Gasteiger partial charge in [-0.15, -0.1) is 0 Å². The highest BCUT2D eigenvalue weighted by Gasteiger charge is 2.21. The monoisotopic (exact) mass is 854 g/mol. The average molecular weight is 855 g/mol. The van der Waals surface area contributed by atoms with Gasteiger partial charge < -0.3 is 13.9 Å². The predicted octanol–water partition coefficient (Wildman–Crippen LogP) is 18.0. The number of hydrogen-bond donors (Lipinski definition) is 0. The van der Waals surface area contributed by atoms with Crippen molar-refractivity contribution in [2.45, 2.75) is 0 Å². The summed E-state index contributed by atoms with van der Waals surface area (Å²) in [6.45, 7) is 0. The van der Waals surface area contributed by atoms with E-state index in [2.05, 4.69) is 258 Å². The molecule has 0 fully saturated rings. The molecular weight excluding hydrogens is 813 g/mol. The maximum Gasteiger partial charge on any atom is 0.136 e. The van der Waals surface area contributed by atoms with Gasteiger partial charge in [0, 0.05) is 44.2 Å². The summed E-state index contributed by atoms with van der Waals surface area (Å²) in [7, 11) is 0. The number of nitrogens with zero attached hydrogens (tertiary/aromatic N) is 2. The molecule has 0 aliphatic heterocycles. The van der Waals surface area contributed by atoms with Crippen molar-refractivity contribution >= 4 is 71.6 Å². The van der Waals surface area contributed by atoms with Crippen LogP contribution in [0.5, 0.6) is 0 Å². The van der Waals surface area contributed by atoms with Crippen LogP contribution in [-0.4, -0.2) is 4.57 Å². The van der Waals surface area contributed by atoms with Crippen LogP contribution in [0.15, 0.2) is 259 Å². The molecule has 0 N–H and O–H groups in total. The number of benzene rings is 11. The number of aromatic nitrogens is 1. The van der Waals surface area contributed by atoms with Crippen LogP contribution in [-0.2, 0) is 0 Å². The number of furan rings is 1. The van der Waals surface area contributed by atoms with Crippen LogP contribution >= 0.6 is 0 Å². The highest BCUT2D eigenvalue weighted by molar-refractivity contribution is 6.14. The predicted molar refractivity (Wildman–Crippen MR) is 282 cm³/mol. The van der Waals surface area contributed by atoms with Gasteiger partial charge in [0.1, 0.15) is 11.2 Å². The van der Waals surface area contributed by atoms with E-state index in [1.165, 1.54) is 54.8 Å². The summed E-state index contributed by atoms with van der Waals surface area (Å²) in [6, 6.07) is 91.9. The third kappa shape index (κ3) is 6.67. The van der Waals surface area contributed by atoms with Gasteiger partial charge in [0.05, 0.1) is 16.7 Å². The van der Waals surface area contributed by atoms with Crippen molar-refractivity contribution in [2.75, 3.05) is 4.90 Å². The molecule has 0 atom stereocenters. The lowest BCUT2D eigenvalue weighted by Gasteiger charge is -2.28. The second-order valence-corrected chi connectivity index (χ2v) is 17.3. The molecule has 2 aromatic heterocycles. The zero-order valence-corrected chi connectivity index (χ0v) is 36.6. The number of rotatable bonds is 8. The molecule has 0 saturated carbocycles. The molecular formula is C64H42N2O. The summed E-state index contributed by atoms with van der Waals surface area (Å²) in [5, 5.41) is 7.22. The Balaban J connectivity index is 0.894. The second kappa shape index (κ2) is 16.0. The number of fused-ring (bicyclic) bond motifs is 7. The standard InChI is InChI=1S/C64H42N2O/c1-2-15-46-41-50(31-30-43(46)14-1)49-18-12-19-53(42-49)65(59-25-7-5-22-56(59)57-24-13-29-63-64(57)58-23-6-10-28-62(58)67-63)51-36-32-44(33-37-51)47-16-11-17-48(40-47)45-34-38-52(39-35-45)66-60-26-8-3-20-54(60)55-21-4-9-27-61(55)66/h1-42H. The van der Waals surface area contributed by atoms with Gasteiger partial charge in [0.2, 0.25) is 0 Å². The normalized spacial score (nSPS) is 11.6. The summed E-state index contributed by atoms with van der Waals surface area (Å²) < 4.78 is 8.77. The molecule has 0 aliphatic rings. The van der Waals surface area contributed by atoms with E-state index in [-0.39, 0.29) is 0 Å². The first-order valence-electron chi connectivity index (χ1n) is 22.9. The molecule has 2 heterocycles. The van der Waals surface area contributed by atoms with Crippen LogP contribution in [0.1, 0.15) is 0 Å². The summed E-state index contributed by atoms with van der Waals surface area (Å²) in [5.74, 6) is 0. The first-order chi connectivity index (χ1) is 33.2. The molecule has 3 nitrogen and oxygen atoms in total. The minimum absolute atomic E-state index is 0.879. The lowest BCUT2D eigenvalue weighted by Crippen LogP contribution is -2.11. The van der Waals surface area contributed by atoms with Gasteiger partial charge in [-0.3, -0.25) is 0 Å². The van der Waals surface area contributed by atoms with Crippen LogP contribution in [0.4, 0.5) is 17.1 Å². The Bertz CT molecular complexity index is 3930. The Hall–Kier alpha value is -8.92. The minimum atomic E-state index is 0.879. The molecule has 0 spiro atoms. The highest BCUT2D eigenvalue weighted by atomic mass is 16.3. The summed E-state index contributed by atoms with van der Waals surface area (Å²) in [4.78, 5) is 2.40. The van der Waals surface area contributed by atoms with Gasteiger partial charge in [0.15, 0.2) is 0 Å². The molecule has 314 valence electrons. The van der Waals surface area contributed by atoms with Crippen molar-refractivity contribution < 1.29 is 4.42 Å². The maximum atomic E-state index is 6.41. The third-order valence-electron chi connectivity index (χ3n) is 13.4. The van der Waals surface area contributed by atoms with Crippen LogP contribution < -0.4 is 4.90 Å². The Labute approximate surface area is 388 Å². The Morgan fingerprint density at radius 3 is 1.61 bits per heavy atom. The molecule has 13 rings (SSSR count). The van der Waals surface area contributed by atoms with Crippen molar-refractivity contribution in [1.82, 2.24) is 4.57 Å². The molecule has 0 unspecified atom stereocenters. The molecule has 0 saturated heterocycles. The largest absolute Gasteiger partial charge is 0.456 e. The van der Waals surface area contributed by atoms with E-state index < -0.39 is 0 Å². The van der Waals surface area contributed by atoms with Crippen molar-refractivity contribution in [3.8, 4) is 50.2 Å². The Kier molecular flexibility index (Phi) is 9.17. The smallest absolute Gasteiger partial charge is 0.136 e. The molecule has 0 amide bonds. The second-order valence-electron chi connectivity index (χ2n) is 17.3. The minimum Gasteiger partial charge on any atom is -0.456 e. The fourth-order valence-electron chi connectivity index (χ4n) is 10.2. The van der Waals surface area contributed by atoms with Gasteiger partial charge in [-0.25, -0.2) is 0 Å². The third-order valence-corrected chi connectivity index (χ3v) is 13.4. The van der Waals surface area contributed by atoms with Crippen LogP contribution in [0.2, 0.25) is 0 Å². The Morgan fingerprint density at radius 2 is 0.851 bits per heavy atom. The van der Waals surface area contributed by atoms with Gasteiger partial charge in [-0.2, -0.15) is 0 Å². The lowest BCUT2D eigenvalue weighted by molar-refractivity contribution is 0.669. The zero-order chi connectivity index (χ0) is 44.3. The molecule has 13 aromatic rings. The Morgan fingerprint density at radius 1 is 0.313 bits per heavy atom. The SMILES string of the molecule is c1cc(-c2ccc(N(c3cccc(-c4ccc5ccccc5c4)c3)c3ccccc3-c3cccc4oc5ccccc5c34)cc2)cc(-c2ccc(-n3c4ccccc4c4ccccc43)cc2)c1. The summed E-state index contributed by atoms with van der Waals surface area (Å²) >= 11 is 0. The fourth-order valence-corrected chi connectivity index (χ4v) is 10.2. The average Bonchev–Trinajstić information content (AvgIpc) is 3.95. The first kappa shape index (κ1) is 38.5. The van der Waals surface area contributed by atoms with E-state index in [1.54, 1.807) is 0 Å². The van der Waals surface area contributed by atoms with Crippen molar-refractivity contribution in [3.05, 3.63) is 255 Å². The van der Waals surface area contributed by atoms with Crippen LogP contribution in [0, 0.1) is 0 Å². The number of anilines is 3. The topological polar surface area (TPSA) is 21.3 Å². The number of para-hydroxylation sites is 4. The van der Waals surface area contributed by atoms with E-state index in [4.69, 9.17) is 4.42 Å². The number of hydrogen-bond acceptors (Lipinski definition) is 2. The first-order valence-corrected chi connectivity index (χ1v) is 22.9. The van der Waals surface area contributed by atoms with Gasteiger partial charge in [-0.1, -0.05) is 176 Å². The van der Waals surface area contributed by atoms with E-state index in [0.29, 0.717) is 0 Å². The summed E-state index contributed by atoms with van der Waals surface area (Å²) in [6.07, 6.45) is 0. The maximum absolute atomic E-state index is 6.41.